The summed E-state index contributed by atoms with van der Waals surface area (Å²) in [6, 6.07) is 67.0. The van der Waals surface area contributed by atoms with E-state index in [2.05, 4.69) is 182 Å². The molecule has 0 amide bonds. The highest BCUT2D eigenvalue weighted by atomic mass is 35.5. The van der Waals surface area contributed by atoms with Crippen LogP contribution in [0.5, 0.6) is 0 Å². The Kier molecular flexibility index (Phi) is 10.4. The maximum atomic E-state index is 6.40. The van der Waals surface area contributed by atoms with Crippen LogP contribution < -0.4 is 5.46 Å². The number of aromatic nitrogens is 6. The molecule has 7 heterocycles. The Morgan fingerprint density at radius 1 is 0.419 bits per heavy atom. The van der Waals surface area contributed by atoms with Gasteiger partial charge in [-0.25, -0.2) is 19.9 Å². The summed E-state index contributed by atoms with van der Waals surface area (Å²) in [6.45, 7) is 8.34. The minimum absolute atomic E-state index is 0.407. The molecule has 8 nitrogen and oxygen atoms in total. The van der Waals surface area contributed by atoms with Crippen LogP contribution in [0.4, 0.5) is 0 Å². The van der Waals surface area contributed by atoms with Crippen molar-refractivity contribution >= 4 is 131 Å². The zero-order valence-corrected chi connectivity index (χ0v) is 43.1. The van der Waals surface area contributed by atoms with E-state index in [9.17, 15) is 0 Å². The van der Waals surface area contributed by atoms with Gasteiger partial charge in [-0.05, 0) is 81.7 Å². The van der Waals surface area contributed by atoms with E-state index in [4.69, 9.17) is 40.8 Å². The molecule has 1 aliphatic heterocycles. The summed E-state index contributed by atoms with van der Waals surface area (Å²) < 4.78 is 21.8. The predicted molar refractivity (Wildman–Crippen MR) is 310 cm³/mol. The molecule has 0 radical (unpaired) electrons. The van der Waals surface area contributed by atoms with Crippen LogP contribution >= 0.6 is 34.3 Å². The Morgan fingerprint density at radius 3 is 1.23 bits per heavy atom. The lowest BCUT2D eigenvalue weighted by molar-refractivity contribution is 0.00578. The molecule has 0 saturated carbocycles. The number of para-hydroxylation sites is 4. The molecule has 8 aromatic carbocycles. The zero-order chi connectivity index (χ0) is 49.9. The Morgan fingerprint density at radius 2 is 0.797 bits per heavy atom. The Bertz CT molecular complexity index is 4420. The van der Waals surface area contributed by atoms with Crippen LogP contribution in [0, 0.1) is 0 Å². The summed E-state index contributed by atoms with van der Waals surface area (Å²) in [5.74, 6) is 3.20. The molecule has 1 fully saturated rings. The first-order chi connectivity index (χ1) is 36.1. The van der Waals surface area contributed by atoms with Gasteiger partial charge in [-0.3, -0.25) is 9.13 Å². The van der Waals surface area contributed by atoms with Gasteiger partial charge in [0.2, 0.25) is 0 Å². The van der Waals surface area contributed by atoms with Crippen molar-refractivity contribution in [3.63, 3.8) is 0 Å². The van der Waals surface area contributed by atoms with Crippen LogP contribution in [0.3, 0.4) is 0 Å². The monoisotopic (exact) mass is 1010 g/mol. The number of rotatable bonds is 5. The van der Waals surface area contributed by atoms with E-state index in [1.54, 1.807) is 22.7 Å². The lowest BCUT2D eigenvalue weighted by atomic mass is 9.79. The van der Waals surface area contributed by atoms with E-state index in [1.165, 1.54) is 21.5 Å². The number of thiophene rings is 2. The summed E-state index contributed by atoms with van der Waals surface area (Å²) in [4.78, 5) is 20.6. The molecule has 15 rings (SSSR count). The number of fused-ring (bicyclic) bond motifs is 12. The summed E-state index contributed by atoms with van der Waals surface area (Å²) in [7, 11) is -0.438. The summed E-state index contributed by atoms with van der Waals surface area (Å²) in [5.41, 5.74) is 8.55. The molecule has 0 atom stereocenters. The lowest BCUT2D eigenvalue weighted by Gasteiger charge is -2.32. The summed E-state index contributed by atoms with van der Waals surface area (Å²) >= 11 is 9.83. The average molecular weight is 1020 g/mol. The van der Waals surface area contributed by atoms with Crippen LogP contribution in [0.25, 0.3) is 119 Å². The second kappa shape index (κ2) is 17.2. The van der Waals surface area contributed by atoms with Crippen molar-refractivity contribution in [3.8, 4) is 34.4 Å². The third-order valence-corrected chi connectivity index (χ3v) is 17.3. The number of hydrogen-bond donors (Lipinski definition) is 0. The van der Waals surface area contributed by atoms with Crippen LogP contribution in [0.1, 0.15) is 27.7 Å². The first-order valence-corrected chi connectivity index (χ1v) is 26.7. The van der Waals surface area contributed by atoms with Crippen molar-refractivity contribution in [2.75, 3.05) is 0 Å². The van der Waals surface area contributed by atoms with Gasteiger partial charge in [-0.2, -0.15) is 0 Å². The summed E-state index contributed by atoms with van der Waals surface area (Å²) in [6.07, 6.45) is 0. The highest BCUT2D eigenvalue weighted by Crippen LogP contribution is 2.44. The Labute approximate surface area is 439 Å². The fourth-order valence-electron chi connectivity index (χ4n) is 10.4. The van der Waals surface area contributed by atoms with Crippen molar-refractivity contribution in [3.05, 3.63) is 199 Å². The van der Waals surface area contributed by atoms with Gasteiger partial charge in [0.1, 0.15) is 0 Å². The normalized spacial score (nSPS) is 14.4. The molecule has 0 aliphatic carbocycles. The molecule has 1 saturated heterocycles. The zero-order valence-electron chi connectivity index (χ0n) is 40.7. The molecule has 1 aliphatic rings. The molecule has 12 heteroatoms. The van der Waals surface area contributed by atoms with Gasteiger partial charge < -0.3 is 9.31 Å². The molecule has 74 heavy (non-hydrogen) atoms. The van der Waals surface area contributed by atoms with Crippen molar-refractivity contribution in [2.45, 2.75) is 38.9 Å². The molecule has 0 N–H and O–H groups in total. The number of hydrogen-bond acceptors (Lipinski definition) is 8. The van der Waals surface area contributed by atoms with Gasteiger partial charge in [0.25, 0.3) is 0 Å². The van der Waals surface area contributed by atoms with Gasteiger partial charge in [0.05, 0.1) is 53.7 Å². The van der Waals surface area contributed by atoms with Crippen LogP contribution in [-0.2, 0) is 9.31 Å². The lowest BCUT2D eigenvalue weighted by Crippen LogP contribution is -2.41. The Balaban J connectivity index is 0.000000140. The van der Waals surface area contributed by atoms with Gasteiger partial charge in [0, 0.05) is 57.9 Å². The van der Waals surface area contributed by atoms with Gasteiger partial charge in [-0.15, -0.1) is 22.7 Å². The van der Waals surface area contributed by atoms with Gasteiger partial charge in [-0.1, -0.05) is 157 Å². The fourth-order valence-corrected chi connectivity index (χ4v) is 12.8. The molecular weight excluding hydrogens is 971 g/mol. The van der Waals surface area contributed by atoms with E-state index in [0.717, 1.165) is 90.9 Å². The van der Waals surface area contributed by atoms with Gasteiger partial charge >= 0.3 is 7.12 Å². The number of halogens is 1. The molecule has 0 bridgehead atoms. The van der Waals surface area contributed by atoms with Crippen molar-refractivity contribution in [2.24, 2.45) is 0 Å². The molecule has 0 spiro atoms. The highest BCUT2D eigenvalue weighted by molar-refractivity contribution is 7.26. The molecule has 14 aromatic rings. The van der Waals surface area contributed by atoms with Crippen molar-refractivity contribution in [1.82, 2.24) is 29.1 Å². The second-order valence-electron chi connectivity index (χ2n) is 19.8. The first kappa shape index (κ1) is 44.9. The topological polar surface area (TPSA) is 79.9 Å². The highest BCUT2D eigenvalue weighted by Gasteiger charge is 2.51. The van der Waals surface area contributed by atoms with Crippen molar-refractivity contribution in [1.29, 1.82) is 0 Å². The molecule has 0 unspecified atom stereocenters. The number of benzene rings is 8. The van der Waals surface area contributed by atoms with Crippen LogP contribution in [0.15, 0.2) is 194 Å². The SMILES string of the molecule is CC1(C)OB(c2ccc3sc4c(-n5c6ccccc6c6ccccc65)nc(-c5ccccc5)nc4c3c2)OC1(C)C.Clc1ccc2sc3c(-n4c5ccccc5c5ccccc54)nc(-c4ccccc4)nc3c2c1. The maximum absolute atomic E-state index is 6.40. The quantitative estimate of drug-likeness (QED) is 0.160. The first-order valence-electron chi connectivity index (χ1n) is 24.7. The van der Waals surface area contributed by atoms with E-state index in [1.807, 2.05) is 48.5 Å². The Hall–Kier alpha value is -7.77. The fraction of sp³-hybridized carbons (Fsp3) is 0.0968. The van der Waals surface area contributed by atoms with Crippen LogP contribution in [-0.4, -0.2) is 47.4 Å². The van der Waals surface area contributed by atoms with E-state index in [-0.39, 0.29) is 0 Å². The van der Waals surface area contributed by atoms with Crippen LogP contribution in [0.2, 0.25) is 5.02 Å². The second-order valence-corrected chi connectivity index (χ2v) is 22.3. The third-order valence-electron chi connectivity index (χ3n) is 14.7. The molecule has 6 aromatic heterocycles. The third kappa shape index (κ3) is 7.17. The van der Waals surface area contributed by atoms with E-state index < -0.39 is 18.3 Å². The van der Waals surface area contributed by atoms with E-state index >= 15 is 0 Å². The summed E-state index contributed by atoms with van der Waals surface area (Å²) in [5, 5.41) is 7.69. The minimum Gasteiger partial charge on any atom is -0.399 e. The average Bonchev–Trinajstić information content (AvgIpc) is 4.22. The smallest absolute Gasteiger partial charge is 0.399 e. The largest absolute Gasteiger partial charge is 0.494 e. The predicted octanol–water partition coefficient (Wildman–Crippen LogP) is 16.2. The maximum Gasteiger partial charge on any atom is 0.494 e. The van der Waals surface area contributed by atoms with Gasteiger partial charge in [0.15, 0.2) is 23.3 Å². The molecule has 356 valence electrons. The molecular formula is C62H44BClN6O2S2. The minimum atomic E-state index is -0.438. The van der Waals surface area contributed by atoms with Crippen molar-refractivity contribution < 1.29 is 9.31 Å². The number of nitrogens with zero attached hydrogens (tertiary/aromatic N) is 6. The standard InChI is InChI=1S/C34H28BN3O2S.C28H16ClN3S/c1-33(2)34(3,4)40-35(39-33)22-18-19-28-25(20-22)29-30(41-28)32(37-31(36-29)21-12-6-5-7-13-21)38-26-16-10-8-14-23(26)24-15-9-11-17-27(24)38;29-18-14-15-24-21(16-18)25-26(33-24)28(31-27(30-25)17-8-2-1-3-9-17)32-22-12-6-4-10-19(22)20-11-5-7-13-23(20)32/h5-20H,1-4H3;1-16H. The van der Waals surface area contributed by atoms with E-state index in [0.29, 0.717) is 16.7 Å².